The van der Waals surface area contributed by atoms with Gasteiger partial charge in [-0.25, -0.2) is 0 Å². The monoisotopic (exact) mass is 196 g/mol. The van der Waals surface area contributed by atoms with Crippen molar-refractivity contribution in [2.75, 3.05) is 25.1 Å². The van der Waals surface area contributed by atoms with Gasteiger partial charge in [0.25, 0.3) is 0 Å². The summed E-state index contributed by atoms with van der Waals surface area (Å²) in [6.07, 6.45) is 1.16. The van der Waals surface area contributed by atoms with Crippen molar-refractivity contribution in [2.24, 2.45) is 0 Å². The number of likely N-dealkylation sites (N-methyl/N-ethyl adjacent to an activating group) is 1. The van der Waals surface area contributed by atoms with Crippen LogP contribution in [-0.2, 0) is 0 Å². The van der Waals surface area contributed by atoms with Crippen LogP contribution in [0.2, 0.25) is 0 Å². The molecule has 0 radical (unpaired) electrons. The second kappa shape index (κ2) is 4.93. The number of pyridine rings is 1. The van der Waals surface area contributed by atoms with Crippen LogP contribution < -0.4 is 4.90 Å². The van der Waals surface area contributed by atoms with Crippen LogP contribution in [0.3, 0.4) is 0 Å². The quantitative estimate of drug-likeness (QED) is 0.739. The molecule has 1 unspecified atom stereocenters. The number of aromatic nitrogens is 1. The smallest absolute Gasteiger partial charge is 0.0931 e. The van der Waals surface area contributed by atoms with Gasteiger partial charge in [0.1, 0.15) is 0 Å². The van der Waals surface area contributed by atoms with Crippen molar-refractivity contribution < 1.29 is 10.2 Å². The first-order valence-corrected chi connectivity index (χ1v) is 4.61. The predicted molar refractivity (Wildman–Crippen MR) is 55.2 cm³/mol. The Labute approximate surface area is 83.8 Å². The molecule has 1 aromatic rings. The van der Waals surface area contributed by atoms with Gasteiger partial charge in [0.15, 0.2) is 0 Å². The minimum atomic E-state index is -0.535. The Morgan fingerprint density at radius 1 is 1.50 bits per heavy atom. The highest BCUT2D eigenvalue weighted by molar-refractivity contribution is 5.43. The lowest BCUT2D eigenvalue weighted by molar-refractivity contribution is 0.194. The van der Waals surface area contributed by atoms with Crippen LogP contribution in [0.4, 0.5) is 5.69 Å². The standard InChI is InChI=1S/C10H16N2O2/c1-8(14)10-4-3-9(7-11-10)12(2)5-6-13/h3-4,7-8,13-14H,5-6H2,1-2H3. The third-order valence-corrected chi connectivity index (χ3v) is 2.07. The maximum atomic E-state index is 9.24. The van der Waals surface area contributed by atoms with E-state index in [9.17, 15) is 5.11 Å². The zero-order valence-electron chi connectivity index (χ0n) is 8.51. The lowest BCUT2D eigenvalue weighted by atomic mass is 10.2. The molecule has 2 N–H and O–H groups in total. The van der Waals surface area contributed by atoms with E-state index in [2.05, 4.69) is 4.98 Å². The Morgan fingerprint density at radius 2 is 2.21 bits per heavy atom. The van der Waals surface area contributed by atoms with Gasteiger partial charge in [-0.05, 0) is 19.1 Å². The fourth-order valence-corrected chi connectivity index (χ4v) is 1.15. The van der Waals surface area contributed by atoms with E-state index in [1.54, 1.807) is 19.2 Å². The van der Waals surface area contributed by atoms with Crippen LogP contribution in [0.5, 0.6) is 0 Å². The first kappa shape index (κ1) is 10.9. The van der Waals surface area contributed by atoms with Crippen molar-refractivity contribution in [3.63, 3.8) is 0 Å². The molecule has 4 nitrogen and oxygen atoms in total. The number of hydrogen-bond donors (Lipinski definition) is 2. The van der Waals surface area contributed by atoms with Crippen molar-refractivity contribution in [3.8, 4) is 0 Å². The number of aliphatic hydroxyl groups is 2. The third-order valence-electron chi connectivity index (χ3n) is 2.07. The third kappa shape index (κ3) is 2.68. The SMILES string of the molecule is CC(O)c1ccc(N(C)CCO)cn1. The van der Waals surface area contributed by atoms with Crippen LogP contribution in [0.1, 0.15) is 18.7 Å². The molecule has 1 atom stereocenters. The van der Waals surface area contributed by atoms with Gasteiger partial charge < -0.3 is 15.1 Å². The maximum Gasteiger partial charge on any atom is 0.0931 e. The molecule has 1 rings (SSSR count). The average molecular weight is 196 g/mol. The first-order valence-electron chi connectivity index (χ1n) is 4.61. The minimum absolute atomic E-state index is 0.120. The molecule has 0 saturated carbocycles. The highest BCUT2D eigenvalue weighted by atomic mass is 16.3. The number of hydrogen-bond acceptors (Lipinski definition) is 4. The summed E-state index contributed by atoms with van der Waals surface area (Å²) in [5.74, 6) is 0. The number of nitrogens with zero attached hydrogens (tertiary/aromatic N) is 2. The average Bonchev–Trinajstić information content (AvgIpc) is 2.18. The van der Waals surface area contributed by atoms with E-state index in [0.717, 1.165) is 5.69 Å². The maximum absolute atomic E-state index is 9.24. The molecule has 0 bridgehead atoms. The number of rotatable bonds is 4. The molecule has 14 heavy (non-hydrogen) atoms. The van der Waals surface area contributed by atoms with Gasteiger partial charge in [-0.3, -0.25) is 4.98 Å². The number of anilines is 1. The van der Waals surface area contributed by atoms with E-state index < -0.39 is 6.10 Å². The second-order valence-electron chi connectivity index (χ2n) is 3.26. The Hall–Kier alpha value is -1.13. The zero-order valence-corrected chi connectivity index (χ0v) is 8.51. The van der Waals surface area contributed by atoms with Gasteiger partial charge in [-0.1, -0.05) is 0 Å². The summed E-state index contributed by atoms with van der Waals surface area (Å²) >= 11 is 0. The van der Waals surface area contributed by atoms with Crippen molar-refractivity contribution >= 4 is 5.69 Å². The van der Waals surface area contributed by atoms with E-state index >= 15 is 0 Å². The molecule has 0 aliphatic heterocycles. The van der Waals surface area contributed by atoms with Crippen molar-refractivity contribution in [3.05, 3.63) is 24.0 Å². The highest BCUT2D eigenvalue weighted by Gasteiger charge is 2.04. The lowest BCUT2D eigenvalue weighted by Crippen LogP contribution is -2.21. The fraction of sp³-hybridized carbons (Fsp3) is 0.500. The molecule has 1 aromatic heterocycles. The molecule has 1 heterocycles. The Morgan fingerprint density at radius 3 is 2.64 bits per heavy atom. The molecule has 0 amide bonds. The number of aliphatic hydroxyl groups excluding tert-OH is 2. The van der Waals surface area contributed by atoms with E-state index in [1.807, 2.05) is 18.0 Å². The van der Waals surface area contributed by atoms with Crippen molar-refractivity contribution in [1.29, 1.82) is 0 Å². The molecule has 0 fully saturated rings. The molecule has 78 valence electrons. The van der Waals surface area contributed by atoms with E-state index in [4.69, 9.17) is 5.11 Å². The van der Waals surface area contributed by atoms with Gasteiger partial charge >= 0.3 is 0 Å². The van der Waals surface area contributed by atoms with Crippen molar-refractivity contribution in [1.82, 2.24) is 4.98 Å². The molecule has 0 spiro atoms. The van der Waals surface area contributed by atoms with Crippen LogP contribution in [0, 0.1) is 0 Å². The summed E-state index contributed by atoms with van der Waals surface area (Å²) in [5.41, 5.74) is 1.59. The van der Waals surface area contributed by atoms with Gasteiger partial charge in [0.05, 0.1) is 30.3 Å². The first-order chi connectivity index (χ1) is 6.65. The molecular weight excluding hydrogens is 180 g/mol. The van der Waals surface area contributed by atoms with Crippen LogP contribution in [0.15, 0.2) is 18.3 Å². The molecular formula is C10H16N2O2. The van der Waals surface area contributed by atoms with E-state index in [-0.39, 0.29) is 6.61 Å². The summed E-state index contributed by atoms with van der Waals surface area (Å²) in [5, 5.41) is 18.0. The predicted octanol–water partition coefficient (Wildman–Crippen LogP) is 0.563. The van der Waals surface area contributed by atoms with E-state index in [0.29, 0.717) is 12.2 Å². The topological polar surface area (TPSA) is 56.6 Å². The zero-order chi connectivity index (χ0) is 10.6. The Bertz CT molecular complexity index is 272. The summed E-state index contributed by atoms with van der Waals surface area (Å²) in [7, 11) is 1.88. The summed E-state index contributed by atoms with van der Waals surface area (Å²) < 4.78 is 0. The molecule has 4 heteroatoms. The van der Waals surface area contributed by atoms with E-state index in [1.165, 1.54) is 0 Å². The Kier molecular flexibility index (Phi) is 3.85. The Balaban J connectivity index is 2.72. The molecule has 0 saturated heterocycles. The molecule has 0 aliphatic carbocycles. The minimum Gasteiger partial charge on any atom is -0.395 e. The van der Waals surface area contributed by atoms with Crippen LogP contribution >= 0.6 is 0 Å². The normalized spacial score (nSPS) is 12.6. The van der Waals surface area contributed by atoms with Crippen LogP contribution in [0.25, 0.3) is 0 Å². The molecule has 0 aliphatic rings. The summed E-state index contributed by atoms with van der Waals surface area (Å²) in [6, 6.07) is 3.67. The lowest BCUT2D eigenvalue weighted by Gasteiger charge is -2.17. The second-order valence-corrected chi connectivity index (χ2v) is 3.26. The van der Waals surface area contributed by atoms with Gasteiger partial charge in [-0.2, -0.15) is 0 Å². The van der Waals surface area contributed by atoms with Crippen LogP contribution in [-0.4, -0.2) is 35.4 Å². The highest BCUT2D eigenvalue weighted by Crippen LogP contribution is 2.14. The fourth-order valence-electron chi connectivity index (χ4n) is 1.15. The van der Waals surface area contributed by atoms with Gasteiger partial charge in [0.2, 0.25) is 0 Å². The summed E-state index contributed by atoms with van der Waals surface area (Å²) in [6.45, 7) is 2.38. The van der Waals surface area contributed by atoms with Gasteiger partial charge in [0, 0.05) is 13.6 Å². The summed E-state index contributed by atoms with van der Waals surface area (Å²) in [4.78, 5) is 6.01. The van der Waals surface area contributed by atoms with Crippen molar-refractivity contribution in [2.45, 2.75) is 13.0 Å². The largest absolute Gasteiger partial charge is 0.395 e. The molecule has 0 aromatic carbocycles. The van der Waals surface area contributed by atoms with Gasteiger partial charge in [-0.15, -0.1) is 0 Å².